The van der Waals surface area contributed by atoms with E-state index >= 15 is 0 Å². The maximum absolute atomic E-state index is 11.8. The summed E-state index contributed by atoms with van der Waals surface area (Å²) in [5.41, 5.74) is 1.15. The number of esters is 1. The van der Waals surface area contributed by atoms with Gasteiger partial charge in [-0.1, -0.05) is 12.1 Å². The molecule has 1 fully saturated rings. The van der Waals surface area contributed by atoms with E-state index in [9.17, 15) is 14.4 Å². The van der Waals surface area contributed by atoms with E-state index in [-0.39, 0.29) is 4.91 Å². The van der Waals surface area contributed by atoms with Gasteiger partial charge in [0.1, 0.15) is 11.5 Å². The summed E-state index contributed by atoms with van der Waals surface area (Å²) < 4.78 is 10.7. The Morgan fingerprint density at radius 3 is 2.83 bits per heavy atom. The third-order valence-corrected chi connectivity index (χ3v) is 4.01. The SMILES string of the molecule is CCOC(=O)c1cccc(-c2ccc(/C=C3\SC(=O)NC3=O)o2)c1. The summed E-state index contributed by atoms with van der Waals surface area (Å²) >= 11 is 0.826. The van der Waals surface area contributed by atoms with E-state index in [1.807, 2.05) is 0 Å². The lowest BCUT2D eigenvalue weighted by molar-refractivity contribution is -0.115. The van der Waals surface area contributed by atoms with Gasteiger partial charge in [0.05, 0.1) is 17.1 Å². The number of ether oxygens (including phenoxy) is 1. The second-order valence-corrected chi connectivity index (χ2v) is 5.87. The molecule has 1 saturated heterocycles. The first-order chi connectivity index (χ1) is 11.6. The van der Waals surface area contributed by atoms with Crippen LogP contribution in [0, 0.1) is 0 Å². The number of amides is 2. The van der Waals surface area contributed by atoms with Gasteiger partial charge < -0.3 is 9.15 Å². The largest absolute Gasteiger partial charge is 0.462 e. The fourth-order valence-corrected chi connectivity index (χ4v) is 2.81. The number of furan rings is 1. The Hall–Kier alpha value is -2.80. The van der Waals surface area contributed by atoms with Gasteiger partial charge in [-0.15, -0.1) is 0 Å². The number of carbonyl (C=O) groups is 3. The van der Waals surface area contributed by atoms with Crippen molar-refractivity contribution in [2.75, 3.05) is 6.61 Å². The molecule has 0 aliphatic carbocycles. The summed E-state index contributed by atoms with van der Waals surface area (Å²) in [4.78, 5) is 34.8. The van der Waals surface area contributed by atoms with E-state index in [1.54, 1.807) is 43.3 Å². The van der Waals surface area contributed by atoms with E-state index in [2.05, 4.69) is 5.32 Å². The van der Waals surface area contributed by atoms with E-state index in [4.69, 9.17) is 9.15 Å². The first-order valence-corrected chi connectivity index (χ1v) is 8.00. The lowest BCUT2D eigenvalue weighted by atomic mass is 10.1. The molecule has 1 aromatic carbocycles. The predicted octanol–water partition coefficient (Wildman–Crippen LogP) is 3.45. The predicted molar refractivity (Wildman–Crippen MR) is 89.2 cm³/mol. The van der Waals surface area contributed by atoms with Crippen molar-refractivity contribution in [3.63, 3.8) is 0 Å². The third kappa shape index (κ3) is 3.41. The van der Waals surface area contributed by atoms with Crippen molar-refractivity contribution in [2.24, 2.45) is 0 Å². The molecule has 0 saturated carbocycles. The molecule has 1 N–H and O–H groups in total. The van der Waals surface area contributed by atoms with E-state index in [0.717, 1.165) is 11.8 Å². The second kappa shape index (κ2) is 6.76. The summed E-state index contributed by atoms with van der Waals surface area (Å²) in [6, 6.07) is 10.3. The summed E-state index contributed by atoms with van der Waals surface area (Å²) in [7, 11) is 0. The average molecular weight is 343 g/mol. The Morgan fingerprint density at radius 1 is 1.29 bits per heavy atom. The van der Waals surface area contributed by atoms with Crippen LogP contribution >= 0.6 is 11.8 Å². The molecule has 0 atom stereocenters. The zero-order valence-electron chi connectivity index (χ0n) is 12.7. The van der Waals surface area contributed by atoms with Crippen LogP contribution < -0.4 is 5.32 Å². The van der Waals surface area contributed by atoms with Crippen molar-refractivity contribution >= 4 is 35.0 Å². The lowest BCUT2D eigenvalue weighted by Gasteiger charge is -2.03. The lowest BCUT2D eigenvalue weighted by Crippen LogP contribution is -2.17. The molecule has 2 heterocycles. The molecular weight excluding hydrogens is 330 g/mol. The summed E-state index contributed by atoms with van der Waals surface area (Å²) in [6.07, 6.45) is 1.50. The van der Waals surface area contributed by atoms with E-state index < -0.39 is 17.1 Å². The normalized spacial score (nSPS) is 15.6. The molecular formula is C17H13NO5S. The van der Waals surface area contributed by atoms with Gasteiger partial charge in [0.25, 0.3) is 11.1 Å². The van der Waals surface area contributed by atoms with Crippen molar-refractivity contribution in [2.45, 2.75) is 6.92 Å². The van der Waals surface area contributed by atoms with Gasteiger partial charge in [-0.3, -0.25) is 14.9 Å². The van der Waals surface area contributed by atoms with Crippen molar-refractivity contribution in [1.82, 2.24) is 5.32 Å². The van der Waals surface area contributed by atoms with Crippen LogP contribution in [0.15, 0.2) is 45.7 Å². The monoisotopic (exact) mass is 343 g/mol. The van der Waals surface area contributed by atoms with Crippen LogP contribution in [0.1, 0.15) is 23.0 Å². The number of nitrogens with one attached hydrogen (secondary N) is 1. The van der Waals surface area contributed by atoms with Gasteiger partial charge >= 0.3 is 5.97 Å². The van der Waals surface area contributed by atoms with Crippen LogP contribution in [0.3, 0.4) is 0 Å². The van der Waals surface area contributed by atoms with Crippen LogP contribution in [0.5, 0.6) is 0 Å². The number of thioether (sulfide) groups is 1. The standard InChI is InChI=1S/C17H13NO5S/c1-2-22-16(20)11-5-3-4-10(8-11)13-7-6-12(23-13)9-14-15(19)18-17(21)24-14/h3-9H,2H2,1H3,(H,18,19,21)/b14-9-. The number of hydrogen-bond acceptors (Lipinski definition) is 6. The minimum atomic E-state index is -0.438. The highest BCUT2D eigenvalue weighted by atomic mass is 32.2. The fraction of sp³-hybridized carbons (Fsp3) is 0.118. The second-order valence-electron chi connectivity index (χ2n) is 4.86. The molecule has 1 aromatic heterocycles. The molecule has 6 nitrogen and oxygen atoms in total. The quantitative estimate of drug-likeness (QED) is 0.676. The number of rotatable bonds is 4. The first kappa shape index (κ1) is 16.1. The maximum atomic E-state index is 11.8. The zero-order valence-corrected chi connectivity index (χ0v) is 13.5. The first-order valence-electron chi connectivity index (χ1n) is 7.19. The Balaban J connectivity index is 1.85. The van der Waals surface area contributed by atoms with Gasteiger partial charge in [0.2, 0.25) is 0 Å². The van der Waals surface area contributed by atoms with Crippen LogP contribution in [0.4, 0.5) is 4.79 Å². The average Bonchev–Trinajstić information content (AvgIpc) is 3.15. The maximum Gasteiger partial charge on any atom is 0.338 e. The molecule has 1 aliphatic rings. The minimum Gasteiger partial charge on any atom is -0.462 e. The van der Waals surface area contributed by atoms with Gasteiger partial charge in [0, 0.05) is 11.6 Å². The summed E-state index contributed by atoms with van der Waals surface area (Å²) in [5, 5.41) is 1.78. The molecule has 0 radical (unpaired) electrons. The molecule has 24 heavy (non-hydrogen) atoms. The highest BCUT2D eigenvalue weighted by Gasteiger charge is 2.25. The van der Waals surface area contributed by atoms with Crippen molar-refractivity contribution in [1.29, 1.82) is 0 Å². The molecule has 7 heteroatoms. The Labute approximate surface area is 141 Å². The smallest absolute Gasteiger partial charge is 0.338 e. The summed E-state index contributed by atoms with van der Waals surface area (Å²) in [6.45, 7) is 2.05. The van der Waals surface area contributed by atoms with Gasteiger partial charge in [-0.25, -0.2) is 4.79 Å². The fourth-order valence-electron chi connectivity index (χ4n) is 2.15. The Kier molecular flexibility index (Phi) is 4.52. The van der Waals surface area contributed by atoms with Crippen LogP contribution in [0.25, 0.3) is 17.4 Å². The molecule has 122 valence electrons. The zero-order chi connectivity index (χ0) is 17.1. The topological polar surface area (TPSA) is 85.6 Å². The van der Waals surface area contributed by atoms with E-state index in [1.165, 1.54) is 6.08 Å². The molecule has 0 spiro atoms. The molecule has 3 rings (SSSR count). The number of imide groups is 1. The van der Waals surface area contributed by atoms with Crippen LogP contribution in [-0.4, -0.2) is 23.7 Å². The molecule has 0 bridgehead atoms. The van der Waals surface area contributed by atoms with Crippen LogP contribution in [0.2, 0.25) is 0 Å². The number of carbonyl (C=O) groups excluding carboxylic acids is 3. The van der Waals surface area contributed by atoms with Gasteiger partial charge in [0.15, 0.2) is 0 Å². The van der Waals surface area contributed by atoms with E-state index in [0.29, 0.717) is 29.3 Å². The Bertz CT molecular complexity index is 852. The Morgan fingerprint density at radius 2 is 2.12 bits per heavy atom. The highest BCUT2D eigenvalue weighted by molar-refractivity contribution is 8.18. The van der Waals surface area contributed by atoms with Gasteiger partial charge in [-0.2, -0.15) is 0 Å². The highest BCUT2D eigenvalue weighted by Crippen LogP contribution is 2.28. The molecule has 0 unspecified atom stereocenters. The van der Waals surface area contributed by atoms with Crippen molar-refractivity contribution in [3.05, 3.63) is 52.6 Å². The van der Waals surface area contributed by atoms with Crippen molar-refractivity contribution in [3.8, 4) is 11.3 Å². The van der Waals surface area contributed by atoms with Gasteiger partial charge in [-0.05, 0) is 43.0 Å². The number of hydrogen-bond donors (Lipinski definition) is 1. The van der Waals surface area contributed by atoms with Crippen molar-refractivity contribution < 1.29 is 23.5 Å². The molecule has 2 aromatic rings. The minimum absolute atomic E-state index is 0.279. The molecule has 1 aliphatic heterocycles. The third-order valence-electron chi connectivity index (χ3n) is 3.20. The number of benzene rings is 1. The molecule has 2 amide bonds. The van der Waals surface area contributed by atoms with Crippen LogP contribution in [-0.2, 0) is 9.53 Å². The summed E-state index contributed by atoms with van der Waals surface area (Å²) in [5.74, 6) is 0.152.